The number of nitrogen functional groups attached to an aromatic ring is 1. The van der Waals surface area contributed by atoms with Crippen molar-refractivity contribution < 1.29 is 9.18 Å². The number of H-pyrrole nitrogens is 2. The number of aromatic nitrogens is 2. The van der Waals surface area contributed by atoms with Crippen LogP contribution in [0.4, 0.5) is 10.1 Å². The number of rotatable bonds is 2. The fourth-order valence-electron chi connectivity index (χ4n) is 2.05. The minimum absolute atomic E-state index is 0.0952. The molecule has 0 fully saturated rings. The normalized spacial score (nSPS) is 10.8. The van der Waals surface area contributed by atoms with Crippen molar-refractivity contribution in [2.45, 2.75) is 0 Å². The summed E-state index contributed by atoms with van der Waals surface area (Å²) in [6.07, 6.45) is 0. The molecule has 0 atom stereocenters. The Morgan fingerprint density at radius 1 is 1.05 bits per heavy atom. The fourth-order valence-corrected chi connectivity index (χ4v) is 2.05. The Morgan fingerprint density at radius 3 is 2.60 bits per heavy atom. The number of ketones is 1. The number of hydrogen-bond acceptors (Lipinski definition) is 3. The molecule has 3 aromatic rings. The molecule has 2 aromatic carbocycles. The Hall–Kier alpha value is -2.89. The van der Waals surface area contributed by atoms with Crippen molar-refractivity contribution in [3.8, 4) is 0 Å². The number of hydrogen-bond donors (Lipinski definition) is 3. The average Bonchev–Trinajstić information content (AvgIpc) is 2.79. The van der Waals surface area contributed by atoms with Crippen LogP contribution in [0.15, 0.2) is 41.2 Å². The first-order chi connectivity index (χ1) is 9.54. The van der Waals surface area contributed by atoms with Crippen molar-refractivity contribution in [2.75, 3.05) is 5.73 Å². The molecule has 3 rings (SSSR count). The van der Waals surface area contributed by atoms with Gasteiger partial charge in [0.15, 0.2) is 5.78 Å². The van der Waals surface area contributed by atoms with Gasteiger partial charge in [0.1, 0.15) is 5.82 Å². The summed E-state index contributed by atoms with van der Waals surface area (Å²) in [5.41, 5.74) is 6.77. The van der Waals surface area contributed by atoms with Gasteiger partial charge in [0.2, 0.25) is 0 Å². The zero-order valence-corrected chi connectivity index (χ0v) is 10.2. The van der Waals surface area contributed by atoms with Gasteiger partial charge in [-0.1, -0.05) is 0 Å². The number of imidazole rings is 1. The molecule has 0 aliphatic heterocycles. The summed E-state index contributed by atoms with van der Waals surface area (Å²) < 4.78 is 13.7. The molecular formula is C14H10FN3O2. The van der Waals surface area contributed by atoms with Gasteiger partial charge in [-0.05, 0) is 36.4 Å². The predicted octanol–water partition coefficient (Wildman–Crippen LogP) is 1.81. The number of benzene rings is 2. The van der Waals surface area contributed by atoms with Gasteiger partial charge in [-0.3, -0.25) is 4.79 Å². The second kappa shape index (κ2) is 4.34. The van der Waals surface area contributed by atoms with E-state index in [9.17, 15) is 14.0 Å². The summed E-state index contributed by atoms with van der Waals surface area (Å²) in [6.45, 7) is 0. The highest BCUT2D eigenvalue weighted by atomic mass is 19.1. The molecule has 0 unspecified atom stereocenters. The van der Waals surface area contributed by atoms with E-state index in [2.05, 4.69) is 9.97 Å². The van der Waals surface area contributed by atoms with Crippen LogP contribution in [0.1, 0.15) is 15.9 Å². The Morgan fingerprint density at radius 2 is 1.80 bits per heavy atom. The van der Waals surface area contributed by atoms with Gasteiger partial charge in [0.25, 0.3) is 0 Å². The lowest BCUT2D eigenvalue weighted by Crippen LogP contribution is -2.05. The first kappa shape index (κ1) is 12.2. The summed E-state index contributed by atoms with van der Waals surface area (Å²) in [6, 6.07) is 8.44. The highest BCUT2D eigenvalue weighted by Crippen LogP contribution is 2.18. The largest absolute Gasteiger partial charge is 0.399 e. The number of anilines is 1. The Bertz CT molecular complexity index is 880. The van der Waals surface area contributed by atoms with E-state index in [-0.39, 0.29) is 16.8 Å². The van der Waals surface area contributed by atoms with Crippen LogP contribution < -0.4 is 11.4 Å². The van der Waals surface area contributed by atoms with Crippen LogP contribution in [-0.4, -0.2) is 15.8 Å². The number of aromatic amines is 2. The van der Waals surface area contributed by atoms with Crippen molar-refractivity contribution in [3.05, 3.63) is 63.8 Å². The quantitative estimate of drug-likeness (QED) is 0.490. The second-order valence-electron chi connectivity index (χ2n) is 4.41. The van der Waals surface area contributed by atoms with Gasteiger partial charge in [-0.2, -0.15) is 0 Å². The van der Waals surface area contributed by atoms with E-state index in [4.69, 9.17) is 5.73 Å². The molecular weight excluding hydrogens is 261 g/mol. The van der Waals surface area contributed by atoms with Crippen molar-refractivity contribution in [1.29, 1.82) is 0 Å². The van der Waals surface area contributed by atoms with E-state index in [1.54, 1.807) is 6.07 Å². The SMILES string of the molecule is Nc1ccc(F)c(C(=O)c2ccc3[nH]c(=O)[nH]c3c2)c1. The number of nitrogens with one attached hydrogen (secondary N) is 2. The summed E-state index contributed by atoms with van der Waals surface area (Å²) >= 11 is 0. The van der Waals surface area contributed by atoms with E-state index in [1.807, 2.05) is 0 Å². The molecule has 0 saturated heterocycles. The van der Waals surface area contributed by atoms with Gasteiger partial charge in [-0.15, -0.1) is 0 Å². The molecule has 4 N–H and O–H groups in total. The maximum atomic E-state index is 13.7. The second-order valence-corrected chi connectivity index (χ2v) is 4.41. The van der Waals surface area contributed by atoms with E-state index >= 15 is 0 Å². The zero-order chi connectivity index (χ0) is 14.3. The number of nitrogens with two attached hydrogens (primary N) is 1. The van der Waals surface area contributed by atoms with Gasteiger partial charge >= 0.3 is 5.69 Å². The lowest BCUT2D eigenvalue weighted by Gasteiger charge is -2.04. The van der Waals surface area contributed by atoms with E-state index in [0.29, 0.717) is 16.7 Å². The molecule has 0 aliphatic carbocycles. The lowest BCUT2D eigenvalue weighted by molar-refractivity contribution is 0.103. The molecule has 1 heterocycles. The zero-order valence-electron chi connectivity index (χ0n) is 10.2. The first-order valence-corrected chi connectivity index (χ1v) is 5.86. The highest BCUT2D eigenvalue weighted by Gasteiger charge is 2.15. The maximum Gasteiger partial charge on any atom is 0.323 e. The highest BCUT2D eigenvalue weighted by molar-refractivity contribution is 6.10. The molecule has 100 valence electrons. The Labute approximate surface area is 112 Å². The Kier molecular flexibility index (Phi) is 2.64. The molecule has 1 aromatic heterocycles. The van der Waals surface area contributed by atoms with E-state index < -0.39 is 11.6 Å². The molecule has 0 amide bonds. The molecule has 6 heteroatoms. The van der Waals surface area contributed by atoms with Crippen molar-refractivity contribution in [1.82, 2.24) is 9.97 Å². The fraction of sp³-hybridized carbons (Fsp3) is 0. The first-order valence-electron chi connectivity index (χ1n) is 5.86. The van der Waals surface area contributed by atoms with Gasteiger partial charge in [0.05, 0.1) is 16.6 Å². The topological polar surface area (TPSA) is 91.7 Å². The minimum atomic E-state index is -0.633. The van der Waals surface area contributed by atoms with Crippen LogP contribution in [0.3, 0.4) is 0 Å². The van der Waals surface area contributed by atoms with E-state index in [1.165, 1.54) is 24.3 Å². The van der Waals surface area contributed by atoms with Crippen LogP contribution in [0.2, 0.25) is 0 Å². The van der Waals surface area contributed by atoms with Crippen LogP contribution in [0.5, 0.6) is 0 Å². The van der Waals surface area contributed by atoms with E-state index in [0.717, 1.165) is 6.07 Å². The molecule has 0 spiro atoms. The standard InChI is InChI=1S/C14H10FN3O2/c15-10-3-2-8(16)6-9(10)13(19)7-1-4-11-12(5-7)18-14(20)17-11/h1-6H,16H2,(H2,17,18,20). The summed E-state index contributed by atoms with van der Waals surface area (Å²) in [7, 11) is 0. The third-order valence-electron chi connectivity index (χ3n) is 3.01. The molecule has 0 saturated carbocycles. The number of fused-ring (bicyclic) bond motifs is 1. The third-order valence-corrected chi connectivity index (χ3v) is 3.01. The molecule has 20 heavy (non-hydrogen) atoms. The van der Waals surface area contributed by atoms with Crippen LogP contribution in [0, 0.1) is 5.82 Å². The smallest absolute Gasteiger partial charge is 0.323 e. The number of halogens is 1. The number of carbonyl (C=O) groups excluding carboxylic acids is 1. The van der Waals surface area contributed by atoms with Crippen molar-refractivity contribution in [2.24, 2.45) is 0 Å². The molecule has 5 nitrogen and oxygen atoms in total. The average molecular weight is 271 g/mol. The molecule has 0 radical (unpaired) electrons. The van der Waals surface area contributed by atoms with Gasteiger partial charge in [-0.25, -0.2) is 9.18 Å². The van der Waals surface area contributed by atoms with Gasteiger partial charge in [0, 0.05) is 11.3 Å². The lowest BCUT2D eigenvalue weighted by atomic mass is 10.0. The maximum absolute atomic E-state index is 13.7. The molecule has 0 bridgehead atoms. The van der Waals surface area contributed by atoms with Crippen molar-refractivity contribution >= 4 is 22.5 Å². The molecule has 0 aliphatic rings. The Balaban J connectivity index is 2.12. The van der Waals surface area contributed by atoms with Gasteiger partial charge < -0.3 is 15.7 Å². The van der Waals surface area contributed by atoms with Crippen LogP contribution >= 0.6 is 0 Å². The number of carbonyl (C=O) groups is 1. The van der Waals surface area contributed by atoms with Crippen molar-refractivity contribution in [3.63, 3.8) is 0 Å². The third kappa shape index (κ3) is 1.97. The summed E-state index contributed by atoms with van der Waals surface area (Å²) in [5.74, 6) is -1.12. The van der Waals surface area contributed by atoms with Crippen LogP contribution in [-0.2, 0) is 0 Å². The summed E-state index contributed by atoms with van der Waals surface area (Å²) in [4.78, 5) is 28.6. The summed E-state index contributed by atoms with van der Waals surface area (Å²) in [5, 5.41) is 0. The monoisotopic (exact) mass is 271 g/mol. The predicted molar refractivity (Wildman–Crippen MR) is 73.2 cm³/mol. The minimum Gasteiger partial charge on any atom is -0.399 e. The van der Waals surface area contributed by atoms with Crippen LogP contribution in [0.25, 0.3) is 11.0 Å².